The molecule has 0 saturated heterocycles. The van der Waals surface area contributed by atoms with Crippen molar-refractivity contribution in [3.63, 3.8) is 0 Å². The highest BCUT2D eigenvalue weighted by atomic mass is 16.5. The molecule has 2 N–H and O–H groups in total. The topological polar surface area (TPSA) is 79.9 Å². The second-order valence-corrected chi connectivity index (χ2v) is 11.2. The number of fused-ring (bicyclic) bond motifs is 1. The van der Waals surface area contributed by atoms with Crippen molar-refractivity contribution in [2.45, 2.75) is 39.2 Å². The van der Waals surface area contributed by atoms with Crippen molar-refractivity contribution in [2.24, 2.45) is 5.41 Å². The summed E-state index contributed by atoms with van der Waals surface area (Å²) in [5.41, 5.74) is 5.01. The molecule has 1 amide bonds. The van der Waals surface area contributed by atoms with E-state index in [1.807, 2.05) is 65.6 Å². The maximum atomic E-state index is 13.9. The molecule has 0 aromatic heterocycles. The minimum Gasteiger partial charge on any atom is -0.493 e. The lowest BCUT2D eigenvalue weighted by Gasteiger charge is -2.38. The molecule has 3 aromatic carbocycles. The summed E-state index contributed by atoms with van der Waals surface area (Å²) in [5, 5.41) is 6.69. The molecule has 1 aliphatic carbocycles. The third-order valence-electron chi connectivity index (χ3n) is 7.62. The van der Waals surface area contributed by atoms with Gasteiger partial charge in [0.05, 0.1) is 38.2 Å². The highest BCUT2D eigenvalue weighted by Crippen LogP contribution is 2.50. The maximum absolute atomic E-state index is 13.9. The number of ether oxygens (including phenoxy) is 2. The summed E-state index contributed by atoms with van der Waals surface area (Å²) in [5.74, 6) is 1.07. The SMILES string of the molecule is COc1cccc(C2C3=C(CC(C)(C)CC3=O)Nc3ccccc3N2CC(=O)NCCc2ccccc2)c1OC. The highest BCUT2D eigenvalue weighted by Gasteiger charge is 2.43. The number of carbonyl (C=O) groups is 2. The van der Waals surface area contributed by atoms with Crippen LogP contribution in [0.1, 0.15) is 43.9 Å². The van der Waals surface area contributed by atoms with Gasteiger partial charge in [0.2, 0.25) is 5.91 Å². The van der Waals surface area contributed by atoms with Crippen molar-refractivity contribution in [2.75, 3.05) is 37.5 Å². The summed E-state index contributed by atoms with van der Waals surface area (Å²) < 4.78 is 11.5. The summed E-state index contributed by atoms with van der Waals surface area (Å²) in [6, 6.07) is 23.1. The van der Waals surface area contributed by atoms with E-state index < -0.39 is 6.04 Å². The molecule has 208 valence electrons. The number of nitrogens with zero attached hydrogens (tertiary/aromatic N) is 1. The summed E-state index contributed by atoms with van der Waals surface area (Å²) >= 11 is 0. The molecule has 1 atom stereocenters. The van der Waals surface area contributed by atoms with Crippen LogP contribution in [0.5, 0.6) is 11.5 Å². The molecule has 0 spiro atoms. The standard InChI is InChI=1S/C33H37N3O4/c1-33(2)19-25-30(27(37)20-33)31(23-13-10-16-28(39-3)32(23)40-4)36(26-15-9-8-14-24(26)35-25)21-29(38)34-18-17-22-11-6-5-7-12-22/h5-16,31,35H,17-21H2,1-4H3,(H,34,38). The number of carbonyl (C=O) groups excluding carboxylic acids is 2. The summed E-state index contributed by atoms with van der Waals surface area (Å²) in [4.78, 5) is 29.5. The molecule has 40 heavy (non-hydrogen) atoms. The van der Waals surface area contributed by atoms with Crippen molar-refractivity contribution >= 4 is 23.1 Å². The number of rotatable bonds is 8. The van der Waals surface area contributed by atoms with Gasteiger partial charge in [0.15, 0.2) is 17.3 Å². The summed E-state index contributed by atoms with van der Waals surface area (Å²) in [6.45, 7) is 4.81. The molecule has 7 heteroatoms. The minimum absolute atomic E-state index is 0.0615. The Labute approximate surface area is 236 Å². The normalized spacial score (nSPS) is 17.8. The first-order chi connectivity index (χ1) is 19.3. The van der Waals surface area contributed by atoms with Crippen LogP contribution in [0.4, 0.5) is 11.4 Å². The third-order valence-corrected chi connectivity index (χ3v) is 7.62. The Hall–Kier alpha value is -4.26. The van der Waals surface area contributed by atoms with Crippen LogP contribution in [0, 0.1) is 5.41 Å². The molecular weight excluding hydrogens is 502 g/mol. The minimum atomic E-state index is -0.556. The molecule has 0 radical (unpaired) electrons. The van der Waals surface area contributed by atoms with Gasteiger partial charge in [-0.2, -0.15) is 0 Å². The van der Waals surface area contributed by atoms with Gasteiger partial charge in [0, 0.05) is 29.8 Å². The van der Waals surface area contributed by atoms with E-state index in [4.69, 9.17) is 9.47 Å². The quantitative estimate of drug-likeness (QED) is 0.384. The Morgan fingerprint density at radius 2 is 1.73 bits per heavy atom. The zero-order valence-corrected chi connectivity index (χ0v) is 23.6. The maximum Gasteiger partial charge on any atom is 0.239 e. The van der Waals surface area contributed by atoms with E-state index in [0.29, 0.717) is 36.5 Å². The number of anilines is 2. The van der Waals surface area contributed by atoms with Crippen LogP contribution in [-0.2, 0) is 16.0 Å². The van der Waals surface area contributed by atoms with Crippen molar-refractivity contribution in [1.29, 1.82) is 0 Å². The lowest BCUT2D eigenvalue weighted by molar-refractivity contribution is -0.120. The lowest BCUT2D eigenvalue weighted by Crippen LogP contribution is -2.42. The predicted octanol–water partition coefficient (Wildman–Crippen LogP) is 5.68. The van der Waals surface area contributed by atoms with Crippen LogP contribution in [0.15, 0.2) is 84.1 Å². The highest BCUT2D eigenvalue weighted by molar-refractivity contribution is 6.02. The Morgan fingerprint density at radius 1 is 0.975 bits per heavy atom. The van der Waals surface area contributed by atoms with E-state index in [1.165, 1.54) is 0 Å². The summed E-state index contributed by atoms with van der Waals surface area (Å²) in [7, 11) is 3.20. The van der Waals surface area contributed by atoms with Gasteiger partial charge in [-0.3, -0.25) is 9.59 Å². The first-order valence-electron chi connectivity index (χ1n) is 13.7. The molecular formula is C33H37N3O4. The fourth-order valence-corrected chi connectivity index (χ4v) is 5.88. The number of amides is 1. The first kappa shape index (κ1) is 27.3. The smallest absolute Gasteiger partial charge is 0.239 e. The van der Waals surface area contributed by atoms with Gasteiger partial charge in [-0.05, 0) is 42.0 Å². The van der Waals surface area contributed by atoms with E-state index in [-0.39, 0.29) is 23.7 Å². The van der Waals surface area contributed by atoms with Crippen LogP contribution in [0.25, 0.3) is 0 Å². The number of hydrogen-bond acceptors (Lipinski definition) is 6. The zero-order valence-electron chi connectivity index (χ0n) is 23.6. The number of para-hydroxylation sites is 3. The Morgan fingerprint density at radius 3 is 2.48 bits per heavy atom. The largest absolute Gasteiger partial charge is 0.493 e. The van der Waals surface area contributed by atoms with E-state index >= 15 is 0 Å². The molecule has 5 rings (SSSR count). The second-order valence-electron chi connectivity index (χ2n) is 11.2. The Kier molecular flexibility index (Phi) is 7.83. The monoisotopic (exact) mass is 539 g/mol. The molecule has 2 aliphatic rings. The van der Waals surface area contributed by atoms with Crippen LogP contribution in [-0.4, -0.2) is 39.0 Å². The van der Waals surface area contributed by atoms with E-state index in [1.54, 1.807) is 14.2 Å². The fourth-order valence-electron chi connectivity index (χ4n) is 5.88. The predicted molar refractivity (Wildman–Crippen MR) is 158 cm³/mol. The van der Waals surface area contributed by atoms with E-state index in [2.05, 4.69) is 36.6 Å². The average Bonchev–Trinajstić information content (AvgIpc) is 3.06. The van der Waals surface area contributed by atoms with E-state index in [0.717, 1.165) is 34.6 Å². The molecule has 3 aromatic rings. The number of nitrogens with one attached hydrogen (secondary N) is 2. The lowest BCUT2D eigenvalue weighted by atomic mass is 9.73. The number of hydrogen-bond donors (Lipinski definition) is 2. The van der Waals surface area contributed by atoms with Crippen molar-refractivity contribution in [3.05, 3.63) is 95.2 Å². The number of allylic oxidation sites excluding steroid dienone is 1. The Balaban J connectivity index is 1.59. The van der Waals surface area contributed by atoms with Gasteiger partial charge in [0.25, 0.3) is 0 Å². The van der Waals surface area contributed by atoms with Gasteiger partial charge in [-0.15, -0.1) is 0 Å². The van der Waals surface area contributed by atoms with Crippen molar-refractivity contribution in [3.8, 4) is 11.5 Å². The van der Waals surface area contributed by atoms with Gasteiger partial charge >= 0.3 is 0 Å². The molecule has 1 unspecified atom stereocenters. The van der Waals surface area contributed by atoms with Gasteiger partial charge in [-0.1, -0.05) is 68.4 Å². The van der Waals surface area contributed by atoms with E-state index in [9.17, 15) is 9.59 Å². The van der Waals surface area contributed by atoms with Gasteiger partial charge < -0.3 is 25.0 Å². The number of Topliss-reactive ketones (excluding diaryl/α,β-unsaturated/α-hetero) is 1. The van der Waals surface area contributed by atoms with Crippen LogP contribution in [0.2, 0.25) is 0 Å². The van der Waals surface area contributed by atoms with Crippen molar-refractivity contribution in [1.82, 2.24) is 5.32 Å². The average molecular weight is 540 g/mol. The zero-order chi connectivity index (χ0) is 28.3. The molecule has 1 heterocycles. The molecule has 0 fully saturated rings. The van der Waals surface area contributed by atoms with Crippen LogP contribution < -0.4 is 25.0 Å². The van der Waals surface area contributed by atoms with Crippen LogP contribution >= 0.6 is 0 Å². The number of benzene rings is 3. The number of methoxy groups -OCH3 is 2. The molecule has 0 saturated carbocycles. The third kappa shape index (κ3) is 5.55. The molecule has 0 bridgehead atoms. The molecule has 7 nitrogen and oxygen atoms in total. The first-order valence-corrected chi connectivity index (χ1v) is 13.7. The second kappa shape index (κ2) is 11.5. The van der Waals surface area contributed by atoms with Gasteiger partial charge in [0.1, 0.15) is 0 Å². The summed E-state index contributed by atoms with van der Waals surface area (Å²) in [6.07, 6.45) is 1.87. The van der Waals surface area contributed by atoms with Gasteiger partial charge in [-0.25, -0.2) is 0 Å². The fraction of sp³-hybridized carbons (Fsp3) is 0.333. The van der Waals surface area contributed by atoms with Crippen LogP contribution in [0.3, 0.4) is 0 Å². The Bertz CT molecular complexity index is 1430. The number of ketones is 1. The van der Waals surface area contributed by atoms with Crippen molar-refractivity contribution < 1.29 is 19.1 Å². The molecule has 1 aliphatic heterocycles.